The van der Waals surface area contributed by atoms with Crippen LogP contribution < -0.4 is 5.32 Å². The first-order chi connectivity index (χ1) is 13.4. The summed E-state index contributed by atoms with van der Waals surface area (Å²) in [5.74, 6) is -0.766. The number of benzene rings is 2. The van der Waals surface area contributed by atoms with Crippen molar-refractivity contribution in [3.8, 4) is 0 Å². The summed E-state index contributed by atoms with van der Waals surface area (Å²) in [4.78, 5) is 24.7. The first kappa shape index (κ1) is 21.2. The lowest BCUT2D eigenvalue weighted by Crippen LogP contribution is -2.31. The van der Waals surface area contributed by atoms with E-state index in [1.54, 1.807) is 24.3 Å². The molecule has 2 aromatic carbocycles. The van der Waals surface area contributed by atoms with Gasteiger partial charge in [-0.3, -0.25) is 4.79 Å². The highest BCUT2D eigenvalue weighted by Gasteiger charge is 2.40. The molecule has 2 aromatic rings. The number of ether oxygens (including phenoxy) is 1. The second-order valence-electron chi connectivity index (χ2n) is 6.82. The SMILES string of the molecule is O=C(CC(Cl)C1CC(Cl)CC1OC(=O)c1ccc(Br)cc1)Nc1ccccc1. The van der Waals surface area contributed by atoms with Gasteiger partial charge in [0.1, 0.15) is 6.10 Å². The van der Waals surface area contributed by atoms with Crippen LogP contribution in [0.25, 0.3) is 0 Å². The summed E-state index contributed by atoms with van der Waals surface area (Å²) >= 11 is 16.2. The number of esters is 1. The summed E-state index contributed by atoms with van der Waals surface area (Å²) in [5, 5.41) is 2.22. The number of nitrogens with one attached hydrogen (secondary N) is 1. The Labute approximate surface area is 182 Å². The minimum absolute atomic E-state index is 0.122. The van der Waals surface area contributed by atoms with Gasteiger partial charge in [0.2, 0.25) is 5.91 Å². The molecule has 28 heavy (non-hydrogen) atoms. The summed E-state index contributed by atoms with van der Waals surface area (Å²) in [7, 11) is 0. The average Bonchev–Trinajstić information content (AvgIpc) is 3.03. The summed E-state index contributed by atoms with van der Waals surface area (Å²) in [6, 6.07) is 16.2. The molecule has 0 heterocycles. The fourth-order valence-electron chi connectivity index (χ4n) is 3.34. The molecular weight excluding hydrogens is 465 g/mol. The molecule has 7 heteroatoms. The molecule has 1 N–H and O–H groups in total. The number of anilines is 1. The predicted octanol–water partition coefficient (Wildman–Crippen LogP) is 5.63. The molecule has 0 aliphatic heterocycles. The quantitative estimate of drug-likeness (QED) is 0.427. The van der Waals surface area contributed by atoms with Crippen molar-refractivity contribution in [2.45, 2.75) is 36.1 Å². The largest absolute Gasteiger partial charge is 0.458 e. The van der Waals surface area contributed by atoms with Crippen molar-refractivity contribution in [2.75, 3.05) is 5.32 Å². The van der Waals surface area contributed by atoms with Crippen LogP contribution in [-0.2, 0) is 9.53 Å². The maximum atomic E-state index is 12.4. The fraction of sp³-hybridized carbons (Fsp3) is 0.333. The minimum Gasteiger partial charge on any atom is -0.458 e. The zero-order valence-electron chi connectivity index (χ0n) is 15.0. The molecule has 4 unspecified atom stereocenters. The molecule has 4 nitrogen and oxygen atoms in total. The molecule has 1 saturated carbocycles. The Morgan fingerprint density at radius 1 is 1.11 bits per heavy atom. The number of hydrogen-bond acceptors (Lipinski definition) is 3. The van der Waals surface area contributed by atoms with Crippen molar-refractivity contribution in [3.05, 3.63) is 64.6 Å². The van der Waals surface area contributed by atoms with Crippen LogP contribution >= 0.6 is 39.1 Å². The second-order valence-corrected chi connectivity index (χ2v) is 8.91. The Balaban J connectivity index is 1.60. The monoisotopic (exact) mass is 483 g/mol. The molecule has 148 valence electrons. The molecule has 1 aliphatic carbocycles. The van der Waals surface area contributed by atoms with Crippen molar-refractivity contribution in [3.63, 3.8) is 0 Å². The van der Waals surface area contributed by atoms with Gasteiger partial charge in [-0.2, -0.15) is 0 Å². The summed E-state index contributed by atoms with van der Waals surface area (Å²) < 4.78 is 6.57. The third-order valence-electron chi connectivity index (χ3n) is 4.73. The Morgan fingerprint density at radius 3 is 2.46 bits per heavy atom. The lowest BCUT2D eigenvalue weighted by Gasteiger charge is -2.24. The van der Waals surface area contributed by atoms with Gasteiger partial charge in [0.25, 0.3) is 0 Å². The summed E-state index contributed by atoms with van der Waals surface area (Å²) in [6.07, 6.45) is 0.840. The van der Waals surface area contributed by atoms with Crippen LogP contribution in [0.1, 0.15) is 29.6 Å². The zero-order valence-corrected chi connectivity index (χ0v) is 18.1. The van der Waals surface area contributed by atoms with E-state index in [1.807, 2.05) is 30.3 Å². The van der Waals surface area contributed by atoms with Crippen molar-refractivity contribution in [2.24, 2.45) is 5.92 Å². The number of halogens is 3. The van der Waals surface area contributed by atoms with E-state index in [0.29, 0.717) is 18.4 Å². The molecule has 4 atom stereocenters. The number of hydrogen-bond donors (Lipinski definition) is 1. The number of carbonyl (C=O) groups excluding carboxylic acids is 2. The maximum Gasteiger partial charge on any atom is 0.338 e. The van der Waals surface area contributed by atoms with E-state index in [1.165, 1.54) is 0 Å². The van der Waals surface area contributed by atoms with Crippen LogP contribution in [0.15, 0.2) is 59.1 Å². The summed E-state index contributed by atoms with van der Waals surface area (Å²) in [5.41, 5.74) is 1.18. The lowest BCUT2D eigenvalue weighted by atomic mass is 9.98. The van der Waals surface area contributed by atoms with Gasteiger partial charge < -0.3 is 10.1 Å². The minimum atomic E-state index is -0.477. The predicted molar refractivity (Wildman–Crippen MR) is 115 cm³/mol. The van der Waals surface area contributed by atoms with Crippen molar-refractivity contribution >= 4 is 56.7 Å². The molecule has 1 aliphatic rings. The van der Waals surface area contributed by atoms with E-state index in [0.717, 1.165) is 10.2 Å². The molecule has 0 bridgehead atoms. The topological polar surface area (TPSA) is 55.4 Å². The Kier molecular flexibility index (Phi) is 7.38. The van der Waals surface area contributed by atoms with E-state index in [-0.39, 0.29) is 23.6 Å². The van der Waals surface area contributed by atoms with Crippen molar-refractivity contribution in [1.29, 1.82) is 0 Å². The first-order valence-electron chi connectivity index (χ1n) is 9.02. The maximum absolute atomic E-state index is 12.4. The normalized spacial score (nSPS) is 22.5. The Morgan fingerprint density at radius 2 is 1.79 bits per heavy atom. The van der Waals surface area contributed by atoms with Crippen molar-refractivity contribution < 1.29 is 14.3 Å². The van der Waals surface area contributed by atoms with E-state index in [2.05, 4.69) is 21.2 Å². The third kappa shape index (κ3) is 5.72. The van der Waals surface area contributed by atoms with Crippen LogP contribution in [0.5, 0.6) is 0 Å². The van der Waals surface area contributed by atoms with Gasteiger partial charge in [-0.05, 0) is 42.8 Å². The number of carbonyl (C=O) groups is 2. The van der Waals surface area contributed by atoms with Crippen LogP contribution in [0.2, 0.25) is 0 Å². The van der Waals surface area contributed by atoms with E-state index in [9.17, 15) is 9.59 Å². The highest BCUT2D eigenvalue weighted by atomic mass is 79.9. The Hall–Kier alpha value is -1.56. The van der Waals surface area contributed by atoms with Crippen molar-refractivity contribution in [1.82, 2.24) is 0 Å². The van der Waals surface area contributed by atoms with Gasteiger partial charge in [-0.1, -0.05) is 34.1 Å². The zero-order chi connectivity index (χ0) is 20.1. The lowest BCUT2D eigenvalue weighted by molar-refractivity contribution is -0.116. The van der Waals surface area contributed by atoms with Gasteiger partial charge in [-0.15, -0.1) is 23.2 Å². The van der Waals surface area contributed by atoms with Gasteiger partial charge in [0.05, 0.1) is 5.56 Å². The fourth-order valence-corrected chi connectivity index (χ4v) is 4.39. The van der Waals surface area contributed by atoms with E-state index < -0.39 is 17.5 Å². The highest BCUT2D eigenvalue weighted by molar-refractivity contribution is 9.10. The number of para-hydroxylation sites is 1. The number of amides is 1. The summed E-state index contributed by atoms with van der Waals surface area (Å²) in [6.45, 7) is 0. The number of alkyl halides is 2. The second kappa shape index (κ2) is 9.77. The molecule has 3 rings (SSSR count). The number of rotatable bonds is 6. The standard InChI is InChI=1S/C21H20BrCl2NO3/c22-14-8-6-13(7-9-14)21(27)28-19-11-15(23)10-17(19)18(24)12-20(26)25-16-4-2-1-3-5-16/h1-9,15,17-19H,10-12H2,(H,25,26). The van der Waals surface area contributed by atoms with Gasteiger partial charge in [0.15, 0.2) is 0 Å². The van der Waals surface area contributed by atoms with Crippen LogP contribution in [-0.4, -0.2) is 28.7 Å². The van der Waals surface area contributed by atoms with Gasteiger partial charge in [0, 0.05) is 39.7 Å². The smallest absolute Gasteiger partial charge is 0.338 e. The molecule has 0 saturated heterocycles. The van der Waals surface area contributed by atoms with E-state index in [4.69, 9.17) is 27.9 Å². The van der Waals surface area contributed by atoms with Gasteiger partial charge in [-0.25, -0.2) is 4.79 Å². The van der Waals surface area contributed by atoms with Crippen LogP contribution in [0.3, 0.4) is 0 Å². The van der Waals surface area contributed by atoms with E-state index >= 15 is 0 Å². The molecule has 0 aromatic heterocycles. The average molecular weight is 485 g/mol. The third-order valence-corrected chi connectivity index (χ3v) is 6.10. The van der Waals surface area contributed by atoms with Crippen LogP contribution in [0, 0.1) is 5.92 Å². The molecule has 0 spiro atoms. The molecule has 0 radical (unpaired) electrons. The van der Waals surface area contributed by atoms with Crippen LogP contribution in [0.4, 0.5) is 5.69 Å². The first-order valence-corrected chi connectivity index (χ1v) is 10.7. The Bertz CT molecular complexity index is 816. The highest BCUT2D eigenvalue weighted by Crippen LogP contribution is 2.38. The molecule has 1 amide bonds. The molecular formula is C21H20BrCl2NO3. The molecule has 1 fully saturated rings. The van der Waals surface area contributed by atoms with Gasteiger partial charge >= 0.3 is 5.97 Å².